The van der Waals surface area contributed by atoms with Gasteiger partial charge >= 0.3 is 5.97 Å². The van der Waals surface area contributed by atoms with Crippen LogP contribution in [0.5, 0.6) is 0 Å². The standard InChI is InChI=1S/C14H21NO4S/c1-5-14(3,4)15-20(17,18)12-9-7-8-11(10-12)13(16)19-6-2/h7-10,15H,5-6H2,1-4H3. The molecule has 1 N–H and O–H groups in total. The Morgan fingerprint density at radius 3 is 2.50 bits per heavy atom. The first-order valence-corrected chi connectivity index (χ1v) is 8.01. The van der Waals surface area contributed by atoms with E-state index in [4.69, 9.17) is 4.74 Å². The Bertz CT molecular complexity index is 579. The van der Waals surface area contributed by atoms with Gasteiger partial charge in [-0.3, -0.25) is 0 Å². The van der Waals surface area contributed by atoms with Crippen LogP contribution in [-0.4, -0.2) is 26.5 Å². The molecule has 0 spiro atoms. The molecule has 112 valence electrons. The van der Waals surface area contributed by atoms with E-state index >= 15 is 0 Å². The average Bonchev–Trinajstić information content (AvgIpc) is 2.38. The van der Waals surface area contributed by atoms with E-state index in [0.717, 1.165) is 0 Å². The van der Waals surface area contributed by atoms with Crippen molar-refractivity contribution in [2.75, 3.05) is 6.61 Å². The van der Waals surface area contributed by atoms with E-state index in [1.807, 2.05) is 6.92 Å². The molecule has 0 fully saturated rings. The van der Waals surface area contributed by atoms with Crippen molar-refractivity contribution in [2.45, 2.75) is 44.6 Å². The lowest BCUT2D eigenvalue weighted by Crippen LogP contribution is -2.42. The van der Waals surface area contributed by atoms with Crippen molar-refractivity contribution in [3.05, 3.63) is 29.8 Å². The van der Waals surface area contributed by atoms with Crippen LogP contribution >= 0.6 is 0 Å². The molecule has 0 heterocycles. The van der Waals surface area contributed by atoms with Crippen LogP contribution < -0.4 is 4.72 Å². The van der Waals surface area contributed by atoms with Crippen LogP contribution in [0.15, 0.2) is 29.2 Å². The minimum Gasteiger partial charge on any atom is -0.462 e. The maximum absolute atomic E-state index is 12.3. The highest BCUT2D eigenvalue weighted by atomic mass is 32.2. The number of sulfonamides is 1. The molecule has 0 bridgehead atoms. The van der Waals surface area contributed by atoms with Gasteiger partial charge in [0, 0.05) is 5.54 Å². The minimum atomic E-state index is -3.66. The molecule has 0 amide bonds. The Balaban J connectivity index is 3.08. The lowest BCUT2D eigenvalue weighted by Gasteiger charge is -2.24. The van der Waals surface area contributed by atoms with Gasteiger partial charge in [-0.25, -0.2) is 17.9 Å². The third kappa shape index (κ3) is 4.31. The average molecular weight is 299 g/mol. The molecule has 0 radical (unpaired) electrons. The molecule has 1 aromatic rings. The molecule has 1 aromatic carbocycles. The number of hydrogen-bond donors (Lipinski definition) is 1. The topological polar surface area (TPSA) is 72.5 Å². The normalized spacial score (nSPS) is 12.2. The van der Waals surface area contributed by atoms with Crippen LogP contribution in [-0.2, 0) is 14.8 Å². The van der Waals surface area contributed by atoms with E-state index in [9.17, 15) is 13.2 Å². The molecule has 0 atom stereocenters. The van der Waals surface area contributed by atoms with E-state index in [1.54, 1.807) is 20.8 Å². The van der Waals surface area contributed by atoms with Crippen LogP contribution in [0.2, 0.25) is 0 Å². The Morgan fingerprint density at radius 1 is 1.30 bits per heavy atom. The number of esters is 1. The molecule has 0 aliphatic heterocycles. The predicted octanol–water partition coefficient (Wildman–Crippen LogP) is 2.33. The van der Waals surface area contributed by atoms with E-state index in [0.29, 0.717) is 6.42 Å². The quantitative estimate of drug-likeness (QED) is 0.818. The summed E-state index contributed by atoms with van der Waals surface area (Å²) in [5.41, 5.74) is -0.317. The van der Waals surface area contributed by atoms with E-state index in [-0.39, 0.29) is 17.1 Å². The maximum Gasteiger partial charge on any atom is 0.338 e. The van der Waals surface area contributed by atoms with E-state index in [2.05, 4.69) is 4.72 Å². The first-order chi connectivity index (χ1) is 9.22. The van der Waals surface area contributed by atoms with Crippen molar-refractivity contribution < 1.29 is 17.9 Å². The van der Waals surface area contributed by atoms with E-state index in [1.165, 1.54) is 24.3 Å². The zero-order chi connectivity index (χ0) is 15.4. The molecule has 0 saturated heterocycles. The van der Waals surface area contributed by atoms with Crippen LogP contribution in [0.4, 0.5) is 0 Å². The number of rotatable bonds is 6. The molecule has 0 unspecified atom stereocenters. The Morgan fingerprint density at radius 2 is 1.95 bits per heavy atom. The van der Waals surface area contributed by atoms with Gasteiger partial charge in [0.15, 0.2) is 0 Å². The summed E-state index contributed by atoms with van der Waals surface area (Å²) in [6, 6.07) is 5.84. The van der Waals surface area contributed by atoms with Gasteiger partial charge in [0.2, 0.25) is 10.0 Å². The van der Waals surface area contributed by atoms with Gasteiger partial charge in [0.05, 0.1) is 17.1 Å². The van der Waals surface area contributed by atoms with Gasteiger partial charge < -0.3 is 4.74 Å². The molecule has 0 aliphatic carbocycles. The number of benzene rings is 1. The fourth-order valence-corrected chi connectivity index (χ4v) is 3.03. The Labute approximate surface area is 120 Å². The predicted molar refractivity (Wildman–Crippen MR) is 77.1 cm³/mol. The fraction of sp³-hybridized carbons (Fsp3) is 0.500. The van der Waals surface area contributed by atoms with Crippen molar-refractivity contribution in [3.8, 4) is 0 Å². The number of nitrogens with one attached hydrogen (secondary N) is 1. The zero-order valence-corrected chi connectivity index (χ0v) is 13.1. The molecule has 6 heteroatoms. The SMILES string of the molecule is CCOC(=O)c1cccc(S(=O)(=O)NC(C)(C)CC)c1. The number of hydrogen-bond acceptors (Lipinski definition) is 4. The van der Waals surface area contributed by atoms with Crippen molar-refractivity contribution >= 4 is 16.0 Å². The monoisotopic (exact) mass is 299 g/mol. The fourth-order valence-electron chi connectivity index (χ4n) is 1.50. The van der Waals surface area contributed by atoms with Gasteiger partial charge in [-0.15, -0.1) is 0 Å². The number of carbonyl (C=O) groups excluding carboxylic acids is 1. The summed E-state index contributed by atoms with van der Waals surface area (Å²) in [5.74, 6) is -0.528. The summed E-state index contributed by atoms with van der Waals surface area (Å²) >= 11 is 0. The lowest BCUT2D eigenvalue weighted by atomic mass is 10.0. The van der Waals surface area contributed by atoms with Crippen LogP contribution in [0.1, 0.15) is 44.5 Å². The Hall–Kier alpha value is -1.40. The molecule has 0 saturated carbocycles. The highest BCUT2D eigenvalue weighted by Gasteiger charge is 2.25. The summed E-state index contributed by atoms with van der Waals surface area (Å²) in [5, 5.41) is 0. The second kappa shape index (κ2) is 6.37. The van der Waals surface area contributed by atoms with Crippen LogP contribution in [0, 0.1) is 0 Å². The van der Waals surface area contributed by atoms with Gasteiger partial charge in [0.1, 0.15) is 0 Å². The molecule has 20 heavy (non-hydrogen) atoms. The third-order valence-corrected chi connectivity index (χ3v) is 4.65. The summed E-state index contributed by atoms with van der Waals surface area (Å²) in [7, 11) is -3.66. The number of ether oxygens (including phenoxy) is 1. The van der Waals surface area contributed by atoms with E-state index < -0.39 is 21.5 Å². The highest BCUT2D eigenvalue weighted by Crippen LogP contribution is 2.17. The first-order valence-electron chi connectivity index (χ1n) is 6.53. The summed E-state index contributed by atoms with van der Waals surface area (Å²) < 4.78 is 32.0. The molecule has 5 nitrogen and oxygen atoms in total. The second-order valence-electron chi connectivity index (χ2n) is 5.09. The van der Waals surface area contributed by atoms with Gasteiger partial charge in [-0.1, -0.05) is 13.0 Å². The maximum atomic E-state index is 12.3. The molecular weight excluding hydrogens is 278 g/mol. The van der Waals surface area contributed by atoms with Gasteiger partial charge in [-0.05, 0) is 45.4 Å². The first kappa shape index (κ1) is 16.7. The van der Waals surface area contributed by atoms with Crippen LogP contribution in [0.25, 0.3) is 0 Å². The van der Waals surface area contributed by atoms with Crippen molar-refractivity contribution in [3.63, 3.8) is 0 Å². The molecule has 0 aromatic heterocycles. The molecule has 0 aliphatic rings. The second-order valence-corrected chi connectivity index (χ2v) is 6.77. The van der Waals surface area contributed by atoms with Crippen molar-refractivity contribution in [2.24, 2.45) is 0 Å². The highest BCUT2D eigenvalue weighted by molar-refractivity contribution is 7.89. The minimum absolute atomic E-state index is 0.0598. The van der Waals surface area contributed by atoms with Crippen LogP contribution in [0.3, 0.4) is 0 Å². The zero-order valence-electron chi connectivity index (χ0n) is 12.3. The summed E-state index contributed by atoms with van der Waals surface area (Å²) in [4.78, 5) is 11.7. The largest absolute Gasteiger partial charge is 0.462 e. The third-order valence-electron chi connectivity index (χ3n) is 2.95. The summed E-state index contributed by atoms with van der Waals surface area (Å²) in [6.45, 7) is 7.46. The van der Waals surface area contributed by atoms with Gasteiger partial charge in [0.25, 0.3) is 0 Å². The van der Waals surface area contributed by atoms with Gasteiger partial charge in [-0.2, -0.15) is 0 Å². The smallest absolute Gasteiger partial charge is 0.338 e. The molecular formula is C14H21NO4S. The van der Waals surface area contributed by atoms with Crippen molar-refractivity contribution in [1.29, 1.82) is 0 Å². The Kier molecular flexibility index (Phi) is 5.30. The van der Waals surface area contributed by atoms with Crippen molar-refractivity contribution in [1.82, 2.24) is 4.72 Å². The molecule has 1 rings (SSSR count). The lowest BCUT2D eigenvalue weighted by molar-refractivity contribution is 0.0526. The number of carbonyl (C=O) groups is 1. The summed E-state index contributed by atoms with van der Waals surface area (Å²) in [6.07, 6.45) is 0.657.